The van der Waals surface area contributed by atoms with Crippen LogP contribution in [0.5, 0.6) is 5.88 Å². The molecule has 0 fully saturated rings. The lowest BCUT2D eigenvalue weighted by molar-refractivity contribution is -0.0421. The molecule has 8 heteroatoms. The first-order valence-electron chi connectivity index (χ1n) is 4.07. The van der Waals surface area contributed by atoms with Crippen LogP contribution in [0, 0.1) is 0 Å². The first-order valence-corrected chi connectivity index (χ1v) is 4.07. The topological polar surface area (TPSA) is 81.3 Å². The van der Waals surface area contributed by atoms with Gasteiger partial charge in [0.25, 0.3) is 6.43 Å². The predicted octanol–water partition coefficient (Wildman–Crippen LogP) is -0.889. The fraction of sp³-hybridized carbons (Fsp3) is 0.429. The van der Waals surface area contributed by atoms with Crippen LogP contribution in [-0.4, -0.2) is 36.5 Å². The highest BCUT2D eigenvalue weighted by atomic mass is 19.3. The summed E-state index contributed by atoms with van der Waals surface area (Å²) in [6.45, 7) is 0. The highest BCUT2D eigenvalue weighted by Gasteiger charge is 2.37. The molecule has 0 radical (unpaired) electrons. The summed E-state index contributed by atoms with van der Waals surface area (Å²) in [5.41, 5.74) is 2.69. The average Bonchev–Trinajstić information content (AvgIpc) is 2.16. The Balaban J connectivity index is 3.24. The summed E-state index contributed by atoms with van der Waals surface area (Å²) >= 11 is 0. The molecule has 0 saturated carbocycles. The van der Waals surface area contributed by atoms with Crippen LogP contribution in [-0.2, 0) is 5.50 Å². The fourth-order valence-corrected chi connectivity index (χ4v) is 0.999. The molecule has 3 N–H and O–H groups in total. The molecule has 0 aliphatic rings. The van der Waals surface area contributed by atoms with E-state index in [4.69, 9.17) is 10.5 Å². The summed E-state index contributed by atoms with van der Waals surface area (Å²) in [6.07, 6.45) is -1.95. The number of hydrogen-bond donors (Lipinski definition) is 2. The van der Waals surface area contributed by atoms with Gasteiger partial charge in [-0.25, -0.2) is 13.8 Å². The Morgan fingerprint density at radius 1 is 1.67 bits per heavy atom. The molecule has 0 aliphatic carbocycles. The van der Waals surface area contributed by atoms with Crippen LogP contribution in [0.25, 0.3) is 0 Å². The number of nitrogens with zero attached hydrogens (tertiary/aromatic N) is 2. The molecular weight excluding hydrogens is 207 g/mol. The normalized spacial score (nSPS) is 15.0. The van der Waals surface area contributed by atoms with Crippen LogP contribution in [0.4, 0.5) is 14.7 Å². The number of rotatable bonds is 3. The van der Waals surface area contributed by atoms with Crippen molar-refractivity contribution >= 4 is 13.8 Å². The minimum Gasteiger partial charge on any atom is -0.481 e. The minimum atomic E-state index is -2.97. The third kappa shape index (κ3) is 2.15. The first-order chi connectivity index (χ1) is 6.89. The third-order valence-corrected chi connectivity index (χ3v) is 1.94. The Kier molecular flexibility index (Phi) is 3.08. The van der Waals surface area contributed by atoms with E-state index in [1.165, 1.54) is 7.11 Å². The van der Waals surface area contributed by atoms with E-state index in [9.17, 15) is 13.9 Å². The smallest absolute Gasteiger partial charge is 0.263 e. The standard InChI is InChI=1S/C7H10BF2N3O2/c1-15-4-3(2-12-6(11)13-4)7(8,14)5(9)10/h2,5,14H,8H2,1H3,(H2,11,12,13). The lowest BCUT2D eigenvalue weighted by atomic mass is 9.77. The number of nitrogen functional groups attached to an aromatic ring is 1. The van der Waals surface area contributed by atoms with Crippen molar-refractivity contribution in [2.45, 2.75) is 11.9 Å². The Morgan fingerprint density at radius 3 is 2.73 bits per heavy atom. The van der Waals surface area contributed by atoms with Crippen molar-refractivity contribution in [3.63, 3.8) is 0 Å². The van der Waals surface area contributed by atoms with E-state index in [0.717, 1.165) is 14.0 Å². The zero-order valence-corrected chi connectivity index (χ0v) is 8.24. The Labute approximate surface area is 85.7 Å². The van der Waals surface area contributed by atoms with E-state index >= 15 is 0 Å². The summed E-state index contributed by atoms with van der Waals surface area (Å²) in [5, 5.41) is 9.52. The molecule has 15 heavy (non-hydrogen) atoms. The van der Waals surface area contributed by atoms with Crippen molar-refractivity contribution in [2.24, 2.45) is 0 Å². The molecular formula is C7H10BF2N3O2. The molecule has 1 aromatic heterocycles. The van der Waals surface area contributed by atoms with Gasteiger partial charge in [0.15, 0.2) is 7.85 Å². The van der Waals surface area contributed by atoms with Gasteiger partial charge in [0, 0.05) is 6.20 Å². The summed E-state index contributed by atoms with van der Waals surface area (Å²) in [6, 6.07) is 0. The lowest BCUT2D eigenvalue weighted by Gasteiger charge is -2.23. The number of aliphatic hydroxyl groups is 1. The number of halogens is 2. The number of nitrogens with two attached hydrogens (primary N) is 1. The van der Waals surface area contributed by atoms with Gasteiger partial charge in [0.1, 0.15) is 5.50 Å². The molecule has 0 amide bonds. The van der Waals surface area contributed by atoms with Gasteiger partial charge in [-0.05, 0) is 0 Å². The largest absolute Gasteiger partial charge is 0.481 e. The molecule has 0 bridgehead atoms. The number of methoxy groups -OCH3 is 1. The van der Waals surface area contributed by atoms with Crippen LogP contribution in [0.2, 0.25) is 0 Å². The van der Waals surface area contributed by atoms with Crippen molar-refractivity contribution in [1.82, 2.24) is 9.97 Å². The molecule has 0 saturated heterocycles. The Morgan fingerprint density at radius 2 is 2.27 bits per heavy atom. The summed E-state index contributed by atoms with van der Waals surface area (Å²) in [4.78, 5) is 7.12. The zero-order chi connectivity index (χ0) is 11.6. The second-order valence-electron chi connectivity index (χ2n) is 3.10. The monoisotopic (exact) mass is 217 g/mol. The highest BCUT2D eigenvalue weighted by Crippen LogP contribution is 2.30. The van der Waals surface area contributed by atoms with Crippen molar-refractivity contribution in [2.75, 3.05) is 12.8 Å². The van der Waals surface area contributed by atoms with Crippen LogP contribution < -0.4 is 10.5 Å². The SMILES string of the molecule is BC(O)(c1cnc(N)nc1OC)C(F)F. The zero-order valence-electron chi connectivity index (χ0n) is 8.24. The Hall–Kier alpha value is -1.44. The lowest BCUT2D eigenvalue weighted by Crippen LogP contribution is -2.35. The second kappa shape index (κ2) is 3.97. The number of anilines is 1. The maximum Gasteiger partial charge on any atom is 0.263 e. The van der Waals surface area contributed by atoms with Gasteiger partial charge in [-0.2, -0.15) is 4.98 Å². The van der Waals surface area contributed by atoms with Crippen molar-refractivity contribution in [3.05, 3.63) is 11.8 Å². The number of hydrogen-bond acceptors (Lipinski definition) is 5. The van der Waals surface area contributed by atoms with E-state index in [1.54, 1.807) is 0 Å². The molecule has 0 spiro atoms. The van der Waals surface area contributed by atoms with Crippen molar-refractivity contribution in [3.8, 4) is 5.88 Å². The predicted molar refractivity (Wildman–Crippen MR) is 51.4 cm³/mol. The molecule has 5 nitrogen and oxygen atoms in total. The van der Waals surface area contributed by atoms with Crippen LogP contribution in [0.1, 0.15) is 5.56 Å². The quantitative estimate of drug-likeness (QED) is 0.642. The van der Waals surface area contributed by atoms with Gasteiger partial charge in [-0.1, -0.05) is 0 Å². The van der Waals surface area contributed by atoms with Gasteiger partial charge in [-0.15, -0.1) is 0 Å². The van der Waals surface area contributed by atoms with Crippen molar-refractivity contribution < 1.29 is 18.6 Å². The molecule has 82 valence electrons. The van der Waals surface area contributed by atoms with Crippen LogP contribution in [0.15, 0.2) is 6.20 Å². The van der Waals surface area contributed by atoms with E-state index in [0.29, 0.717) is 0 Å². The van der Waals surface area contributed by atoms with Crippen molar-refractivity contribution in [1.29, 1.82) is 0 Å². The summed E-state index contributed by atoms with van der Waals surface area (Å²) in [7, 11) is 2.20. The molecule has 1 heterocycles. The van der Waals surface area contributed by atoms with Gasteiger partial charge < -0.3 is 15.6 Å². The maximum atomic E-state index is 12.5. The molecule has 1 aromatic rings. The fourth-order valence-electron chi connectivity index (χ4n) is 0.999. The van der Waals surface area contributed by atoms with Gasteiger partial charge in [0.2, 0.25) is 11.8 Å². The summed E-state index contributed by atoms with van der Waals surface area (Å²) in [5.74, 6) is -0.270. The number of alkyl halides is 2. The van der Waals surface area contributed by atoms with Gasteiger partial charge in [0.05, 0.1) is 12.7 Å². The first kappa shape index (κ1) is 11.6. The molecule has 1 unspecified atom stereocenters. The van der Waals surface area contributed by atoms with E-state index < -0.39 is 11.9 Å². The van der Waals surface area contributed by atoms with Crippen LogP contribution in [0.3, 0.4) is 0 Å². The molecule has 1 rings (SSSR count). The highest BCUT2D eigenvalue weighted by molar-refractivity contribution is 6.15. The Bertz CT molecular complexity index is 362. The van der Waals surface area contributed by atoms with E-state index in [2.05, 4.69) is 9.97 Å². The van der Waals surface area contributed by atoms with E-state index in [-0.39, 0.29) is 17.4 Å². The molecule has 0 aromatic carbocycles. The minimum absolute atomic E-state index is 0.110. The molecule has 0 aliphatic heterocycles. The third-order valence-electron chi connectivity index (χ3n) is 1.94. The average molecular weight is 217 g/mol. The maximum absolute atomic E-state index is 12.5. The van der Waals surface area contributed by atoms with Gasteiger partial charge in [-0.3, -0.25) is 0 Å². The van der Waals surface area contributed by atoms with E-state index in [1.807, 2.05) is 0 Å². The molecule has 1 atom stereocenters. The summed E-state index contributed by atoms with van der Waals surface area (Å²) < 4.78 is 29.8. The van der Waals surface area contributed by atoms with Gasteiger partial charge >= 0.3 is 0 Å². The van der Waals surface area contributed by atoms with Crippen LogP contribution >= 0.6 is 0 Å². The number of ether oxygens (including phenoxy) is 1. The second-order valence-corrected chi connectivity index (χ2v) is 3.10. The number of aromatic nitrogens is 2.